The number of nitrogens with zero attached hydrogens (tertiary/aromatic N) is 4. The summed E-state index contributed by atoms with van der Waals surface area (Å²) in [6.45, 7) is 6.05. The zero-order valence-electron chi connectivity index (χ0n) is 19.4. The maximum Gasteiger partial charge on any atom is 0.416 e. The third-order valence-electron chi connectivity index (χ3n) is 6.68. The molecule has 1 aliphatic heterocycles. The molecule has 2 aromatic rings. The van der Waals surface area contributed by atoms with Crippen LogP contribution in [0.4, 0.5) is 30.6 Å². The summed E-state index contributed by atoms with van der Waals surface area (Å²) in [7, 11) is 1.72. The van der Waals surface area contributed by atoms with Crippen molar-refractivity contribution in [3.63, 3.8) is 0 Å². The Bertz CT molecular complexity index is 1030. The lowest BCUT2D eigenvalue weighted by atomic mass is 9.91. The van der Waals surface area contributed by atoms with Gasteiger partial charge in [-0.1, -0.05) is 31.0 Å². The van der Waals surface area contributed by atoms with Gasteiger partial charge in [-0.25, -0.2) is 4.98 Å². The predicted octanol–water partition coefficient (Wildman–Crippen LogP) is 5.42. The van der Waals surface area contributed by atoms with Crippen molar-refractivity contribution in [1.29, 1.82) is 0 Å². The number of rotatable bonds is 4. The second-order valence-corrected chi connectivity index (χ2v) is 9.67. The molecule has 1 aromatic carbocycles. The van der Waals surface area contributed by atoms with Gasteiger partial charge in [0.2, 0.25) is 11.9 Å². The molecule has 178 valence electrons. The first-order valence-electron chi connectivity index (χ1n) is 11.3. The van der Waals surface area contributed by atoms with Crippen molar-refractivity contribution < 1.29 is 18.0 Å². The maximum absolute atomic E-state index is 13.5. The summed E-state index contributed by atoms with van der Waals surface area (Å²) in [4.78, 5) is 26.0. The van der Waals surface area contributed by atoms with Crippen molar-refractivity contribution in [3.05, 3.63) is 41.6 Å². The minimum Gasteiger partial charge on any atom is -0.351 e. The largest absolute Gasteiger partial charge is 0.416 e. The van der Waals surface area contributed by atoms with Gasteiger partial charge in [-0.15, -0.1) is 0 Å². The van der Waals surface area contributed by atoms with Gasteiger partial charge in [-0.05, 0) is 45.2 Å². The van der Waals surface area contributed by atoms with Crippen LogP contribution >= 0.6 is 0 Å². The van der Waals surface area contributed by atoms with E-state index in [2.05, 4.69) is 15.2 Å². The Balaban J connectivity index is 1.71. The topological polar surface area (TPSA) is 61.4 Å². The van der Waals surface area contributed by atoms with Crippen molar-refractivity contribution in [2.75, 3.05) is 28.7 Å². The molecule has 1 amide bonds. The minimum atomic E-state index is -4.45. The lowest BCUT2D eigenvalue weighted by molar-refractivity contribution is -0.138. The Morgan fingerprint density at radius 2 is 1.85 bits per heavy atom. The molecular formula is C24H30F3N5O. The number of anilines is 3. The maximum atomic E-state index is 13.5. The van der Waals surface area contributed by atoms with Crippen LogP contribution in [0.2, 0.25) is 0 Å². The summed E-state index contributed by atoms with van der Waals surface area (Å²) in [5, 5.41) is 3.05. The average Bonchev–Trinajstić information content (AvgIpc) is 3.28. The van der Waals surface area contributed by atoms with Gasteiger partial charge in [-0.2, -0.15) is 18.2 Å². The summed E-state index contributed by atoms with van der Waals surface area (Å²) >= 11 is 0. The fraction of sp³-hybridized carbons (Fsp3) is 0.542. The summed E-state index contributed by atoms with van der Waals surface area (Å²) in [6, 6.07) is 5.12. The van der Waals surface area contributed by atoms with E-state index in [1.165, 1.54) is 12.1 Å². The number of hydrogen-bond donors (Lipinski definition) is 1. The van der Waals surface area contributed by atoms with E-state index >= 15 is 0 Å². The Morgan fingerprint density at radius 1 is 1.18 bits per heavy atom. The first-order valence-corrected chi connectivity index (χ1v) is 11.3. The molecule has 0 spiro atoms. The number of amides is 1. The highest BCUT2D eigenvalue weighted by Crippen LogP contribution is 2.41. The molecule has 0 radical (unpaired) electrons. The van der Waals surface area contributed by atoms with E-state index in [1.54, 1.807) is 31.1 Å². The molecule has 1 N–H and O–H groups in total. The molecule has 9 heteroatoms. The van der Waals surface area contributed by atoms with Gasteiger partial charge in [0.1, 0.15) is 5.69 Å². The number of hydrogen-bond acceptors (Lipinski definition) is 5. The smallest absolute Gasteiger partial charge is 0.351 e. The van der Waals surface area contributed by atoms with Gasteiger partial charge in [0.25, 0.3) is 0 Å². The fourth-order valence-electron chi connectivity index (χ4n) is 4.94. The van der Waals surface area contributed by atoms with Crippen LogP contribution in [-0.2, 0) is 11.0 Å². The monoisotopic (exact) mass is 461 g/mol. The second kappa shape index (κ2) is 8.50. The van der Waals surface area contributed by atoms with Crippen molar-refractivity contribution in [1.82, 2.24) is 9.97 Å². The highest BCUT2D eigenvalue weighted by atomic mass is 19.4. The van der Waals surface area contributed by atoms with Crippen LogP contribution in [0.25, 0.3) is 0 Å². The number of aromatic nitrogens is 2. The first-order chi connectivity index (χ1) is 15.5. The molecule has 1 atom stereocenters. The quantitative estimate of drug-likeness (QED) is 0.659. The lowest BCUT2D eigenvalue weighted by Gasteiger charge is -2.34. The molecule has 1 unspecified atom stereocenters. The van der Waals surface area contributed by atoms with Gasteiger partial charge >= 0.3 is 6.18 Å². The molecule has 1 fully saturated rings. The van der Waals surface area contributed by atoms with Crippen molar-refractivity contribution in [2.45, 2.75) is 64.7 Å². The molecule has 1 aromatic heterocycles. The SMILES string of the molecule is CC(Nc1ncc2c(n1)N(C1CCCC1)CC(C)(C)C(=O)N2C)c1ccccc1C(F)(F)F. The van der Waals surface area contributed by atoms with E-state index < -0.39 is 23.2 Å². The van der Waals surface area contributed by atoms with E-state index in [0.717, 1.165) is 31.7 Å². The number of carbonyl (C=O) groups excluding carboxylic acids is 1. The van der Waals surface area contributed by atoms with E-state index in [1.807, 2.05) is 13.8 Å². The molecule has 33 heavy (non-hydrogen) atoms. The number of carbonyl (C=O) groups is 1. The van der Waals surface area contributed by atoms with Crippen LogP contribution in [0.1, 0.15) is 63.6 Å². The van der Waals surface area contributed by atoms with Crippen molar-refractivity contribution in [2.24, 2.45) is 5.41 Å². The number of alkyl halides is 3. The summed E-state index contributed by atoms with van der Waals surface area (Å²) in [5.41, 5.74) is -0.541. The van der Waals surface area contributed by atoms with Crippen molar-refractivity contribution in [3.8, 4) is 0 Å². The van der Waals surface area contributed by atoms with E-state index in [-0.39, 0.29) is 23.5 Å². The van der Waals surface area contributed by atoms with Gasteiger partial charge in [0.05, 0.1) is 23.2 Å². The van der Waals surface area contributed by atoms with Crippen LogP contribution in [-0.4, -0.2) is 35.5 Å². The van der Waals surface area contributed by atoms with Gasteiger partial charge < -0.3 is 15.1 Å². The Morgan fingerprint density at radius 3 is 2.52 bits per heavy atom. The van der Waals surface area contributed by atoms with Gasteiger partial charge in [0, 0.05) is 19.6 Å². The fourth-order valence-corrected chi connectivity index (χ4v) is 4.94. The van der Waals surface area contributed by atoms with E-state index in [9.17, 15) is 18.0 Å². The first kappa shape index (κ1) is 23.3. The third kappa shape index (κ3) is 4.50. The molecule has 6 nitrogen and oxygen atoms in total. The summed E-state index contributed by atoms with van der Waals surface area (Å²) in [5.74, 6) is 0.875. The van der Waals surface area contributed by atoms with Crippen LogP contribution in [0, 0.1) is 5.41 Å². The van der Waals surface area contributed by atoms with E-state index in [0.29, 0.717) is 18.1 Å². The zero-order chi connectivity index (χ0) is 24.0. The third-order valence-corrected chi connectivity index (χ3v) is 6.68. The molecule has 2 heterocycles. The molecule has 1 aliphatic carbocycles. The number of halogens is 3. The summed E-state index contributed by atoms with van der Waals surface area (Å²) in [6.07, 6.45) is 1.44. The molecule has 2 aliphatic rings. The zero-order valence-corrected chi connectivity index (χ0v) is 19.4. The highest BCUT2D eigenvalue weighted by Gasteiger charge is 2.41. The Kier molecular flexibility index (Phi) is 6.01. The molecular weight excluding hydrogens is 431 g/mol. The highest BCUT2D eigenvalue weighted by molar-refractivity contribution is 6.00. The average molecular weight is 462 g/mol. The van der Waals surface area contributed by atoms with Crippen molar-refractivity contribution >= 4 is 23.4 Å². The molecule has 1 saturated carbocycles. The number of benzene rings is 1. The number of nitrogens with one attached hydrogen (secondary N) is 1. The van der Waals surface area contributed by atoms with Crippen LogP contribution in [0.3, 0.4) is 0 Å². The standard InChI is InChI=1S/C24H30F3N5O/c1-15(17-11-7-8-12-18(17)24(25,26)27)29-22-28-13-19-20(30-22)32(16-9-5-6-10-16)14-23(2,3)21(33)31(19)4/h7-8,11-13,15-16H,5-6,9-10,14H2,1-4H3,(H,28,29,30). The predicted molar refractivity (Wildman–Crippen MR) is 122 cm³/mol. The van der Waals surface area contributed by atoms with Gasteiger partial charge in [0.15, 0.2) is 5.82 Å². The van der Waals surface area contributed by atoms with Crippen LogP contribution < -0.4 is 15.1 Å². The number of fused-ring (bicyclic) bond motifs is 1. The van der Waals surface area contributed by atoms with Gasteiger partial charge in [-0.3, -0.25) is 4.79 Å². The lowest BCUT2D eigenvalue weighted by Crippen LogP contribution is -2.45. The van der Waals surface area contributed by atoms with Crippen LogP contribution in [0.5, 0.6) is 0 Å². The summed E-state index contributed by atoms with van der Waals surface area (Å²) < 4.78 is 40.5. The molecule has 4 rings (SSSR count). The second-order valence-electron chi connectivity index (χ2n) is 9.67. The Hall–Kier alpha value is -2.84. The molecule has 0 bridgehead atoms. The minimum absolute atomic E-state index is 0.0129. The van der Waals surface area contributed by atoms with E-state index in [4.69, 9.17) is 4.98 Å². The molecule has 0 saturated heterocycles. The van der Waals surface area contributed by atoms with Crippen LogP contribution in [0.15, 0.2) is 30.5 Å². The normalized spacial score (nSPS) is 19.9. The Labute approximate surface area is 192 Å².